The van der Waals surface area contributed by atoms with Crippen LogP contribution in [0.3, 0.4) is 0 Å². The first kappa shape index (κ1) is 24.5. The zero-order chi connectivity index (χ0) is 23.8. The molecule has 33 heavy (non-hydrogen) atoms. The van der Waals surface area contributed by atoms with Crippen molar-refractivity contribution in [2.45, 2.75) is 33.6 Å². The number of ketones is 1. The van der Waals surface area contributed by atoms with Gasteiger partial charge in [-0.15, -0.1) is 0 Å². The zero-order valence-electron chi connectivity index (χ0n) is 19.7. The second-order valence-electron chi connectivity index (χ2n) is 8.61. The number of Topliss-reactive ketones (excluding diaryl/α,β-unsaturated/α-hetero) is 1. The third kappa shape index (κ3) is 7.43. The highest BCUT2D eigenvalue weighted by Gasteiger charge is 2.23. The second-order valence-corrected chi connectivity index (χ2v) is 8.61. The van der Waals surface area contributed by atoms with E-state index < -0.39 is 0 Å². The number of anilines is 1. The van der Waals surface area contributed by atoms with Crippen molar-refractivity contribution in [3.8, 4) is 5.75 Å². The fourth-order valence-electron chi connectivity index (χ4n) is 3.86. The van der Waals surface area contributed by atoms with Crippen LogP contribution in [0.1, 0.15) is 30.0 Å². The van der Waals surface area contributed by atoms with Gasteiger partial charge >= 0.3 is 0 Å². The quantitative estimate of drug-likeness (QED) is 0.634. The Hall–Kier alpha value is -3.19. The molecule has 1 aliphatic rings. The number of ether oxygens (including phenoxy) is 1. The Morgan fingerprint density at radius 1 is 0.939 bits per heavy atom. The van der Waals surface area contributed by atoms with Crippen LogP contribution in [0.4, 0.5) is 5.69 Å². The SMILES string of the molecule is CC(=O)CCc1ccc(OCC(=O)N2CCN(CC(=O)Nc3c(C)cccc3C)CC2)cc1. The third-order valence-electron chi connectivity index (χ3n) is 5.89. The minimum Gasteiger partial charge on any atom is -0.484 e. The molecule has 0 saturated carbocycles. The first-order valence-corrected chi connectivity index (χ1v) is 11.4. The van der Waals surface area contributed by atoms with Crippen LogP contribution in [0.15, 0.2) is 42.5 Å². The highest BCUT2D eigenvalue weighted by molar-refractivity contribution is 5.93. The fraction of sp³-hybridized carbons (Fsp3) is 0.423. The zero-order valence-corrected chi connectivity index (χ0v) is 19.7. The van der Waals surface area contributed by atoms with Gasteiger partial charge in [-0.05, 0) is 56.0 Å². The Bertz CT molecular complexity index is 959. The van der Waals surface area contributed by atoms with Crippen molar-refractivity contribution < 1.29 is 19.1 Å². The topological polar surface area (TPSA) is 79.0 Å². The number of para-hydroxylation sites is 1. The Balaban J connectivity index is 1.39. The average Bonchev–Trinajstić information content (AvgIpc) is 2.80. The summed E-state index contributed by atoms with van der Waals surface area (Å²) in [5.41, 5.74) is 4.04. The lowest BCUT2D eigenvalue weighted by Crippen LogP contribution is -2.51. The van der Waals surface area contributed by atoms with Gasteiger partial charge in [0.25, 0.3) is 5.91 Å². The minimum atomic E-state index is -0.0599. The maximum atomic E-state index is 12.5. The molecule has 1 heterocycles. The van der Waals surface area contributed by atoms with Gasteiger partial charge in [0.15, 0.2) is 6.61 Å². The lowest BCUT2D eigenvalue weighted by Gasteiger charge is -2.34. The van der Waals surface area contributed by atoms with Crippen molar-refractivity contribution in [3.05, 3.63) is 59.2 Å². The largest absolute Gasteiger partial charge is 0.484 e. The van der Waals surface area contributed by atoms with E-state index in [4.69, 9.17) is 4.74 Å². The lowest BCUT2D eigenvalue weighted by molar-refractivity contribution is -0.135. The number of hydrogen-bond donors (Lipinski definition) is 1. The van der Waals surface area contributed by atoms with E-state index in [1.165, 1.54) is 0 Å². The van der Waals surface area contributed by atoms with Crippen molar-refractivity contribution in [1.29, 1.82) is 0 Å². The van der Waals surface area contributed by atoms with Crippen molar-refractivity contribution >= 4 is 23.3 Å². The Morgan fingerprint density at radius 3 is 2.18 bits per heavy atom. The molecule has 3 rings (SSSR count). The van der Waals surface area contributed by atoms with Gasteiger partial charge in [-0.2, -0.15) is 0 Å². The van der Waals surface area contributed by atoms with Crippen LogP contribution < -0.4 is 10.1 Å². The highest BCUT2D eigenvalue weighted by atomic mass is 16.5. The van der Waals surface area contributed by atoms with E-state index in [1.807, 2.05) is 56.3 Å². The van der Waals surface area contributed by atoms with Gasteiger partial charge in [-0.1, -0.05) is 30.3 Å². The molecule has 176 valence electrons. The van der Waals surface area contributed by atoms with E-state index in [9.17, 15) is 14.4 Å². The summed E-state index contributed by atoms with van der Waals surface area (Å²) in [6.07, 6.45) is 1.24. The second kappa shape index (κ2) is 11.6. The molecule has 2 aromatic rings. The normalized spacial score (nSPS) is 14.1. The van der Waals surface area contributed by atoms with Gasteiger partial charge in [-0.25, -0.2) is 0 Å². The smallest absolute Gasteiger partial charge is 0.260 e. The average molecular weight is 452 g/mol. The molecule has 2 aromatic carbocycles. The van der Waals surface area contributed by atoms with E-state index >= 15 is 0 Å². The number of carbonyl (C=O) groups excluding carboxylic acids is 3. The molecule has 1 saturated heterocycles. The molecule has 0 atom stereocenters. The number of carbonyl (C=O) groups is 3. The molecule has 7 nitrogen and oxygen atoms in total. The predicted molar refractivity (Wildman–Crippen MR) is 129 cm³/mol. The lowest BCUT2D eigenvalue weighted by atomic mass is 10.1. The van der Waals surface area contributed by atoms with Crippen LogP contribution in [0.25, 0.3) is 0 Å². The van der Waals surface area contributed by atoms with Crippen LogP contribution in [0.5, 0.6) is 5.75 Å². The molecule has 0 aromatic heterocycles. The summed E-state index contributed by atoms with van der Waals surface area (Å²) in [4.78, 5) is 39.9. The minimum absolute atomic E-state index is 0.0140. The summed E-state index contributed by atoms with van der Waals surface area (Å²) in [5.74, 6) is 0.706. The molecule has 1 N–H and O–H groups in total. The van der Waals surface area contributed by atoms with Crippen molar-refractivity contribution in [2.24, 2.45) is 0 Å². The van der Waals surface area contributed by atoms with Crippen molar-refractivity contribution in [1.82, 2.24) is 9.80 Å². The van der Waals surface area contributed by atoms with Gasteiger partial charge in [0, 0.05) is 38.3 Å². The standard InChI is InChI=1S/C26H33N3O4/c1-19-5-4-6-20(2)26(19)27-24(31)17-28-13-15-29(16-14-28)25(32)18-33-23-11-9-22(10-12-23)8-7-21(3)30/h4-6,9-12H,7-8,13-18H2,1-3H3,(H,27,31). The van der Waals surface area contributed by atoms with E-state index in [0.717, 1.165) is 22.4 Å². The Morgan fingerprint density at radius 2 is 1.58 bits per heavy atom. The van der Waals surface area contributed by atoms with E-state index in [1.54, 1.807) is 11.8 Å². The highest BCUT2D eigenvalue weighted by Crippen LogP contribution is 2.19. The predicted octanol–water partition coefficient (Wildman–Crippen LogP) is 2.99. The maximum Gasteiger partial charge on any atom is 0.260 e. The van der Waals surface area contributed by atoms with Gasteiger partial charge < -0.3 is 19.7 Å². The van der Waals surface area contributed by atoms with E-state index in [-0.39, 0.29) is 24.2 Å². The number of nitrogens with zero attached hydrogens (tertiary/aromatic N) is 2. The van der Waals surface area contributed by atoms with E-state index in [0.29, 0.717) is 51.3 Å². The molecular weight excluding hydrogens is 418 g/mol. The molecule has 1 aliphatic heterocycles. The number of aryl methyl sites for hydroxylation is 3. The molecule has 7 heteroatoms. The summed E-state index contributed by atoms with van der Waals surface area (Å²) >= 11 is 0. The molecule has 1 fully saturated rings. The number of amides is 2. The van der Waals surface area contributed by atoms with Crippen LogP contribution in [0.2, 0.25) is 0 Å². The summed E-state index contributed by atoms with van der Waals surface area (Å²) in [5, 5.41) is 3.02. The van der Waals surface area contributed by atoms with E-state index in [2.05, 4.69) is 10.2 Å². The van der Waals surface area contributed by atoms with Crippen LogP contribution >= 0.6 is 0 Å². The number of hydrogen-bond acceptors (Lipinski definition) is 5. The molecule has 0 radical (unpaired) electrons. The van der Waals surface area contributed by atoms with Crippen LogP contribution in [-0.4, -0.2) is 66.7 Å². The molecule has 0 aliphatic carbocycles. The molecule has 0 unspecified atom stereocenters. The summed E-state index contributed by atoms with van der Waals surface area (Å²) < 4.78 is 5.65. The molecule has 0 spiro atoms. The van der Waals surface area contributed by atoms with Gasteiger partial charge in [-0.3, -0.25) is 14.5 Å². The molecule has 0 bridgehead atoms. The number of piperazine rings is 1. The first-order chi connectivity index (χ1) is 15.8. The van der Waals surface area contributed by atoms with Gasteiger partial charge in [0.1, 0.15) is 11.5 Å². The van der Waals surface area contributed by atoms with Crippen molar-refractivity contribution in [2.75, 3.05) is 44.6 Å². The Kier molecular flexibility index (Phi) is 8.60. The fourth-order valence-corrected chi connectivity index (χ4v) is 3.86. The monoisotopic (exact) mass is 451 g/mol. The number of benzene rings is 2. The molecule has 2 amide bonds. The first-order valence-electron chi connectivity index (χ1n) is 11.4. The number of nitrogens with one attached hydrogen (secondary N) is 1. The summed E-state index contributed by atoms with van der Waals surface area (Å²) in [6, 6.07) is 13.4. The van der Waals surface area contributed by atoms with Crippen LogP contribution in [0, 0.1) is 13.8 Å². The molecular formula is C26H33N3O4. The third-order valence-corrected chi connectivity index (χ3v) is 5.89. The van der Waals surface area contributed by atoms with Gasteiger partial charge in [0.2, 0.25) is 5.91 Å². The van der Waals surface area contributed by atoms with Crippen LogP contribution in [-0.2, 0) is 20.8 Å². The number of rotatable bonds is 9. The summed E-state index contributed by atoms with van der Waals surface area (Å²) in [6.45, 7) is 8.29. The summed E-state index contributed by atoms with van der Waals surface area (Å²) in [7, 11) is 0. The van der Waals surface area contributed by atoms with Crippen molar-refractivity contribution in [3.63, 3.8) is 0 Å². The Labute approximate surface area is 195 Å². The van der Waals surface area contributed by atoms with Gasteiger partial charge in [0.05, 0.1) is 6.54 Å². The maximum absolute atomic E-state index is 12.5.